The smallest absolute Gasteiger partial charge is 0.165 e. The van der Waals surface area contributed by atoms with Crippen LogP contribution in [0.2, 0.25) is 0 Å². The van der Waals surface area contributed by atoms with E-state index in [2.05, 4.69) is 0 Å². The van der Waals surface area contributed by atoms with Crippen molar-refractivity contribution in [3.63, 3.8) is 0 Å². The molecule has 15 heavy (non-hydrogen) atoms. The minimum atomic E-state index is -0.359. The highest BCUT2D eigenvalue weighted by atomic mass is 19.1. The molecule has 0 radical (unpaired) electrons. The van der Waals surface area contributed by atoms with Gasteiger partial charge in [0, 0.05) is 6.04 Å². The summed E-state index contributed by atoms with van der Waals surface area (Å²) in [6.07, 6.45) is 0. The lowest BCUT2D eigenvalue weighted by molar-refractivity contribution is 0.324. The number of halogens is 1. The lowest BCUT2D eigenvalue weighted by atomic mass is 9.83. The molecule has 2 nitrogen and oxygen atoms in total. The van der Waals surface area contributed by atoms with E-state index in [-0.39, 0.29) is 23.0 Å². The van der Waals surface area contributed by atoms with E-state index in [0.29, 0.717) is 0 Å². The van der Waals surface area contributed by atoms with Gasteiger partial charge in [-0.2, -0.15) is 0 Å². The minimum absolute atomic E-state index is 0.0527. The van der Waals surface area contributed by atoms with Crippen LogP contribution < -0.4 is 10.5 Å². The van der Waals surface area contributed by atoms with Crippen molar-refractivity contribution in [2.75, 3.05) is 7.11 Å². The van der Waals surface area contributed by atoms with Crippen LogP contribution in [0.4, 0.5) is 4.39 Å². The van der Waals surface area contributed by atoms with Crippen molar-refractivity contribution < 1.29 is 9.13 Å². The zero-order valence-corrected chi connectivity index (χ0v) is 9.67. The molecule has 0 heterocycles. The molecule has 3 heteroatoms. The van der Waals surface area contributed by atoms with Crippen molar-refractivity contribution in [1.82, 2.24) is 0 Å². The van der Waals surface area contributed by atoms with Crippen LogP contribution in [0.15, 0.2) is 18.2 Å². The standard InChI is InChI=1S/C12H18FNO/c1-12(2,3)11(14)8-5-6-9(13)10(7-8)15-4/h5-7,11H,14H2,1-4H3/t11-/m0/s1. The zero-order chi connectivity index (χ0) is 11.6. The monoisotopic (exact) mass is 211 g/mol. The molecule has 0 unspecified atom stereocenters. The highest BCUT2D eigenvalue weighted by Gasteiger charge is 2.23. The molecule has 0 fully saturated rings. The number of methoxy groups -OCH3 is 1. The third-order valence-electron chi connectivity index (χ3n) is 2.47. The molecule has 1 rings (SSSR count). The summed E-state index contributed by atoms with van der Waals surface area (Å²) < 4.78 is 18.1. The Labute approximate surface area is 90.2 Å². The van der Waals surface area contributed by atoms with Crippen molar-refractivity contribution in [2.24, 2.45) is 11.1 Å². The molecule has 0 amide bonds. The number of benzene rings is 1. The van der Waals surface area contributed by atoms with Crippen LogP contribution in [-0.2, 0) is 0 Å². The number of hydrogen-bond acceptors (Lipinski definition) is 2. The molecular formula is C12H18FNO. The van der Waals surface area contributed by atoms with Crippen molar-refractivity contribution in [3.8, 4) is 5.75 Å². The Morgan fingerprint density at radius 2 is 1.93 bits per heavy atom. The van der Waals surface area contributed by atoms with Gasteiger partial charge >= 0.3 is 0 Å². The van der Waals surface area contributed by atoms with E-state index in [0.717, 1.165) is 5.56 Å². The summed E-state index contributed by atoms with van der Waals surface area (Å²) in [5.74, 6) is -0.116. The van der Waals surface area contributed by atoms with Crippen LogP contribution in [0.1, 0.15) is 32.4 Å². The largest absolute Gasteiger partial charge is 0.494 e. The average Bonchev–Trinajstić information content (AvgIpc) is 2.16. The molecular weight excluding hydrogens is 193 g/mol. The van der Waals surface area contributed by atoms with Gasteiger partial charge in [0.15, 0.2) is 11.6 Å². The Hall–Kier alpha value is -1.09. The summed E-state index contributed by atoms with van der Waals surface area (Å²) in [4.78, 5) is 0. The fourth-order valence-corrected chi connectivity index (χ4v) is 1.37. The minimum Gasteiger partial charge on any atom is -0.494 e. The SMILES string of the molecule is COc1cc([C@H](N)C(C)(C)C)ccc1F. The molecule has 1 atom stereocenters. The highest BCUT2D eigenvalue weighted by Crippen LogP contribution is 2.32. The molecule has 2 N–H and O–H groups in total. The number of nitrogens with two attached hydrogens (primary N) is 1. The van der Waals surface area contributed by atoms with Gasteiger partial charge in [0.25, 0.3) is 0 Å². The van der Waals surface area contributed by atoms with E-state index in [1.165, 1.54) is 13.2 Å². The van der Waals surface area contributed by atoms with Gasteiger partial charge in [-0.1, -0.05) is 26.8 Å². The second-order valence-electron chi connectivity index (χ2n) is 4.74. The molecule has 1 aromatic carbocycles. The summed E-state index contributed by atoms with van der Waals surface area (Å²) in [7, 11) is 1.45. The van der Waals surface area contributed by atoms with E-state index in [1.54, 1.807) is 12.1 Å². The summed E-state index contributed by atoms with van der Waals surface area (Å²) in [6.45, 7) is 6.15. The normalized spacial score (nSPS) is 13.7. The lowest BCUT2D eigenvalue weighted by Crippen LogP contribution is -2.26. The molecule has 0 spiro atoms. The molecule has 84 valence electrons. The summed E-state index contributed by atoms with van der Waals surface area (Å²) in [6, 6.07) is 4.62. The van der Waals surface area contributed by atoms with Crippen molar-refractivity contribution in [3.05, 3.63) is 29.6 Å². The summed E-state index contributed by atoms with van der Waals surface area (Å²) in [5, 5.41) is 0. The van der Waals surface area contributed by atoms with Gasteiger partial charge in [0.1, 0.15) is 0 Å². The van der Waals surface area contributed by atoms with Gasteiger partial charge in [-0.3, -0.25) is 0 Å². The average molecular weight is 211 g/mol. The van der Waals surface area contributed by atoms with Gasteiger partial charge < -0.3 is 10.5 Å². The maximum atomic E-state index is 13.2. The van der Waals surface area contributed by atoms with Crippen molar-refractivity contribution in [2.45, 2.75) is 26.8 Å². The Bertz CT molecular complexity index is 344. The predicted molar refractivity (Wildman–Crippen MR) is 59.3 cm³/mol. The number of ether oxygens (including phenoxy) is 1. The Balaban J connectivity index is 3.06. The van der Waals surface area contributed by atoms with Crippen molar-refractivity contribution >= 4 is 0 Å². The van der Waals surface area contributed by atoms with Gasteiger partial charge in [-0.25, -0.2) is 4.39 Å². The molecule has 0 aliphatic carbocycles. The highest BCUT2D eigenvalue weighted by molar-refractivity contribution is 5.32. The first-order chi connectivity index (χ1) is 6.86. The predicted octanol–water partition coefficient (Wildman–Crippen LogP) is 2.88. The van der Waals surface area contributed by atoms with Gasteiger partial charge in [-0.15, -0.1) is 0 Å². The third-order valence-corrected chi connectivity index (χ3v) is 2.47. The first-order valence-electron chi connectivity index (χ1n) is 4.95. The maximum Gasteiger partial charge on any atom is 0.165 e. The van der Waals surface area contributed by atoms with E-state index < -0.39 is 0 Å². The van der Waals surface area contributed by atoms with Crippen LogP contribution in [0.25, 0.3) is 0 Å². The Kier molecular flexibility index (Phi) is 3.35. The van der Waals surface area contributed by atoms with Crippen LogP contribution >= 0.6 is 0 Å². The molecule has 0 aromatic heterocycles. The summed E-state index contributed by atoms with van der Waals surface area (Å²) in [5.41, 5.74) is 6.90. The van der Waals surface area contributed by atoms with Gasteiger partial charge in [-0.05, 0) is 23.1 Å². The second-order valence-corrected chi connectivity index (χ2v) is 4.74. The van der Waals surface area contributed by atoms with Crippen molar-refractivity contribution in [1.29, 1.82) is 0 Å². The molecule has 0 saturated carbocycles. The van der Waals surface area contributed by atoms with Crippen LogP contribution in [-0.4, -0.2) is 7.11 Å². The van der Waals surface area contributed by atoms with Crippen LogP contribution in [0.3, 0.4) is 0 Å². The van der Waals surface area contributed by atoms with E-state index in [4.69, 9.17) is 10.5 Å². The first-order valence-corrected chi connectivity index (χ1v) is 4.95. The second kappa shape index (κ2) is 4.19. The zero-order valence-electron chi connectivity index (χ0n) is 9.67. The number of hydrogen-bond donors (Lipinski definition) is 1. The van der Waals surface area contributed by atoms with E-state index in [1.807, 2.05) is 20.8 Å². The van der Waals surface area contributed by atoms with E-state index in [9.17, 15) is 4.39 Å². The Morgan fingerprint density at radius 1 is 1.33 bits per heavy atom. The molecule has 0 aliphatic rings. The van der Waals surface area contributed by atoms with Gasteiger partial charge in [0.05, 0.1) is 7.11 Å². The topological polar surface area (TPSA) is 35.2 Å². The molecule has 0 bridgehead atoms. The quantitative estimate of drug-likeness (QED) is 0.816. The molecule has 0 aliphatic heterocycles. The maximum absolute atomic E-state index is 13.2. The fraction of sp³-hybridized carbons (Fsp3) is 0.500. The third kappa shape index (κ3) is 2.69. The van der Waals surface area contributed by atoms with Crippen LogP contribution in [0, 0.1) is 11.2 Å². The van der Waals surface area contributed by atoms with E-state index >= 15 is 0 Å². The lowest BCUT2D eigenvalue weighted by Gasteiger charge is -2.27. The summed E-state index contributed by atoms with van der Waals surface area (Å²) >= 11 is 0. The number of rotatable bonds is 2. The van der Waals surface area contributed by atoms with Gasteiger partial charge in [0.2, 0.25) is 0 Å². The molecule has 1 aromatic rings. The first kappa shape index (κ1) is 12.0. The molecule has 0 saturated heterocycles. The fourth-order valence-electron chi connectivity index (χ4n) is 1.37. The Morgan fingerprint density at radius 3 is 2.40 bits per heavy atom. The van der Waals surface area contributed by atoms with Crippen LogP contribution in [0.5, 0.6) is 5.75 Å².